The Bertz CT molecular complexity index is 352. The van der Waals surface area contributed by atoms with Crippen molar-refractivity contribution in [2.75, 3.05) is 19.8 Å². The molecule has 0 aromatic carbocycles. The first-order valence-electron chi connectivity index (χ1n) is 6.69. The van der Waals surface area contributed by atoms with Gasteiger partial charge in [-0.3, -0.25) is 4.68 Å². The molecule has 0 atom stereocenters. The van der Waals surface area contributed by atoms with E-state index in [-0.39, 0.29) is 0 Å². The van der Waals surface area contributed by atoms with Crippen molar-refractivity contribution in [2.24, 2.45) is 7.05 Å². The molecule has 0 radical (unpaired) electrons. The fraction of sp³-hybridized carbons (Fsp3) is 0.769. The summed E-state index contributed by atoms with van der Waals surface area (Å²) in [6.07, 6.45) is 3.18. The van der Waals surface area contributed by atoms with Gasteiger partial charge in [-0.1, -0.05) is 31.9 Å². The van der Waals surface area contributed by atoms with Crippen molar-refractivity contribution in [1.82, 2.24) is 15.1 Å². The molecule has 1 N–H and O–H groups in total. The molecule has 0 spiro atoms. The summed E-state index contributed by atoms with van der Waals surface area (Å²) in [6, 6.07) is 0. The van der Waals surface area contributed by atoms with E-state index in [4.69, 9.17) is 16.3 Å². The van der Waals surface area contributed by atoms with Crippen molar-refractivity contribution in [3.8, 4) is 0 Å². The van der Waals surface area contributed by atoms with E-state index in [0.29, 0.717) is 0 Å². The van der Waals surface area contributed by atoms with Crippen LogP contribution in [0.1, 0.15) is 38.1 Å². The molecule has 0 aliphatic carbocycles. The number of nitrogens with zero attached hydrogens (tertiary/aromatic N) is 2. The second-order valence-corrected chi connectivity index (χ2v) is 4.71. The summed E-state index contributed by atoms with van der Waals surface area (Å²) < 4.78 is 7.33. The summed E-state index contributed by atoms with van der Waals surface area (Å²) in [4.78, 5) is 0. The SMILES string of the molecule is CCCCOCCNCc1c(Cl)c(CC)nn1C. The van der Waals surface area contributed by atoms with Gasteiger partial charge in [-0.15, -0.1) is 0 Å². The molecular formula is C13H24ClN3O. The van der Waals surface area contributed by atoms with E-state index in [2.05, 4.69) is 24.3 Å². The molecule has 5 heteroatoms. The minimum atomic E-state index is 0.736. The van der Waals surface area contributed by atoms with Crippen molar-refractivity contribution in [2.45, 2.75) is 39.7 Å². The first kappa shape index (κ1) is 15.5. The Morgan fingerprint density at radius 3 is 2.72 bits per heavy atom. The van der Waals surface area contributed by atoms with Crippen molar-refractivity contribution in [3.63, 3.8) is 0 Å². The largest absolute Gasteiger partial charge is 0.380 e. The van der Waals surface area contributed by atoms with E-state index in [1.54, 1.807) is 0 Å². The predicted octanol–water partition coefficient (Wildman–Crippen LogP) is 2.54. The van der Waals surface area contributed by atoms with Gasteiger partial charge in [-0.25, -0.2) is 0 Å². The minimum Gasteiger partial charge on any atom is -0.380 e. The lowest BCUT2D eigenvalue weighted by atomic mass is 10.3. The van der Waals surface area contributed by atoms with Gasteiger partial charge in [0, 0.05) is 26.7 Å². The van der Waals surface area contributed by atoms with Crippen LogP contribution in [0, 0.1) is 0 Å². The van der Waals surface area contributed by atoms with Gasteiger partial charge in [0.15, 0.2) is 0 Å². The van der Waals surface area contributed by atoms with Crippen molar-refractivity contribution in [3.05, 3.63) is 16.4 Å². The first-order valence-corrected chi connectivity index (χ1v) is 7.07. The molecule has 1 aromatic heterocycles. The summed E-state index contributed by atoms with van der Waals surface area (Å²) in [5.74, 6) is 0. The number of ether oxygens (including phenoxy) is 1. The number of rotatable bonds is 9. The highest BCUT2D eigenvalue weighted by Crippen LogP contribution is 2.20. The highest BCUT2D eigenvalue weighted by atomic mass is 35.5. The van der Waals surface area contributed by atoms with Crippen LogP contribution in [0.2, 0.25) is 5.02 Å². The standard InChI is InChI=1S/C13H24ClN3O/c1-4-6-8-18-9-7-15-10-12-13(14)11(5-2)16-17(12)3/h15H,4-10H2,1-3H3. The number of hydrogen-bond acceptors (Lipinski definition) is 3. The third-order valence-electron chi connectivity index (χ3n) is 2.86. The minimum absolute atomic E-state index is 0.736. The molecular weight excluding hydrogens is 250 g/mol. The second kappa shape index (κ2) is 8.51. The molecule has 0 saturated carbocycles. The Balaban J connectivity index is 2.25. The molecule has 0 amide bonds. The molecule has 1 rings (SSSR count). The van der Waals surface area contributed by atoms with Crippen molar-refractivity contribution in [1.29, 1.82) is 0 Å². The van der Waals surface area contributed by atoms with Gasteiger partial charge in [-0.05, 0) is 12.8 Å². The van der Waals surface area contributed by atoms with Crippen LogP contribution in [0.25, 0.3) is 0 Å². The molecule has 0 saturated heterocycles. The number of unbranched alkanes of at least 4 members (excludes halogenated alkanes) is 1. The first-order chi connectivity index (χ1) is 8.70. The third-order valence-corrected chi connectivity index (χ3v) is 3.30. The van der Waals surface area contributed by atoms with Crippen molar-refractivity contribution < 1.29 is 4.74 Å². The zero-order valence-electron chi connectivity index (χ0n) is 11.6. The van der Waals surface area contributed by atoms with E-state index < -0.39 is 0 Å². The van der Waals surface area contributed by atoms with E-state index in [9.17, 15) is 0 Å². The fourth-order valence-electron chi connectivity index (χ4n) is 1.71. The maximum absolute atomic E-state index is 6.26. The maximum atomic E-state index is 6.26. The van der Waals surface area contributed by atoms with Gasteiger partial charge in [-0.2, -0.15) is 5.10 Å². The monoisotopic (exact) mass is 273 g/mol. The van der Waals surface area contributed by atoms with Gasteiger partial charge < -0.3 is 10.1 Å². The van der Waals surface area contributed by atoms with Gasteiger partial charge in [0.1, 0.15) is 0 Å². The number of aromatic nitrogens is 2. The Morgan fingerprint density at radius 2 is 2.11 bits per heavy atom. The Hall–Kier alpha value is -0.580. The number of nitrogens with one attached hydrogen (secondary N) is 1. The fourth-order valence-corrected chi connectivity index (χ4v) is 2.07. The molecule has 0 aliphatic rings. The average molecular weight is 274 g/mol. The van der Waals surface area contributed by atoms with Crippen LogP contribution in [0.5, 0.6) is 0 Å². The average Bonchev–Trinajstić information content (AvgIpc) is 2.64. The molecule has 0 fully saturated rings. The predicted molar refractivity (Wildman–Crippen MR) is 75.0 cm³/mol. The summed E-state index contributed by atoms with van der Waals surface area (Å²) in [6.45, 7) is 7.40. The summed E-state index contributed by atoms with van der Waals surface area (Å²) >= 11 is 6.26. The molecule has 0 unspecified atom stereocenters. The Morgan fingerprint density at radius 1 is 1.33 bits per heavy atom. The lowest BCUT2D eigenvalue weighted by molar-refractivity contribution is 0.132. The lowest BCUT2D eigenvalue weighted by Crippen LogP contribution is -2.21. The molecule has 104 valence electrons. The lowest BCUT2D eigenvalue weighted by Gasteiger charge is -2.06. The highest BCUT2D eigenvalue weighted by Gasteiger charge is 2.11. The quantitative estimate of drug-likeness (QED) is 0.703. The topological polar surface area (TPSA) is 39.1 Å². The van der Waals surface area contributed by atoms with E-state index >= 15 is 0 Å². The number of halogens is 1. The normalized spacial score (nSPS) is 11.1. The second-order valence-electron chi connectivity index (χ2n) is 4.33. The van der Waals surface area contributed by atoms with Crippen LogP contribution in [0.3, 0.4) is 0 Å². The number of hydrogen-bond donors (Lipinski definition) is 1. The maximum Gasteiger partial charge on any atom is 0.0863 e. The smallest absolute Gasteiger partial charge is 0.0863 e. The zero-order valence-corrected chi connectivity index (χ0v) is 12.4. The molecule has 1 heterocycles. The van der Waals surface area contributed by atoms with Crippen LogP contribution >= 0.6 is 11.6 Å². The molecule has 1 aromatic rings. The summed E-state index contributed by atoms with van der Waals surface area (Å²) in [5.41, 5.74) is 2.01. The van der Waals surface area contributed by atoms with Crippen LogP contribution in [-0.4, -0.2) is 29.5 Å². The van der Waals surface area contributed by atoms with Crippen LogP contribution in [0.15, 0.2) is 0 Å². The third kappa shape index (κ3) is 4.59. The highest BCUT2D eigenvalue weighted by molar-refractivity contribution is 6.31. The Kier molecular flexibility index (Phi) is 7.32. The van der Waals surface area contributed by atoms with Gasteiger partial charge in [0.25, 0.3) is 0 Å². The molecule has 4 nitrogen and oxygen atoms in total. The van der Waals surface area contributed by atoms with Gasteiger partial charge in [0.2, 0.25) is 0 Å². The van der Waals surface area contributed by atoms with Gasteiger partial charge >= 0.3 is 0 Å². The number of aryl methyl sites for hydroxylation is 2. The van der Waals surface area contributed by atoms with Crippen LogP contribution in [-0.2, 0) is 24.8 Å². The van der Waals surface area contributed by atoms with E-state index in [0.717, 1.165) is 55.6 Å². The molecule has 18 heavy (non-hydrogen) atoms. The van der Waals surface area contributed by atoms with E-state index in [1.807, 2.05) is 11.7 Å². The molecule has 0 aliphatic heterocycles. The Labute approximate surface area is 115 Å². The zero-order chi connectivity index (χ0) is 13.4. The summed E-state index contributed by atoms with van der Waals surface area (Å²) in [5, 5.41) is 8.50. The van der Waals surface area contributed by atoms with E-state index in [1.165, 1.54) is 6.42 Å². The van der Waals surface area contributed by atoms with Crippen molar-refractivity contribution >= 4 is 11.6 Å². The molecule has 0 bridgehead atoms. The van der Waals surface area contributed by atoms with Gasteiger partial charge in [0.05, 0.1) is 23.0 Å². The van der Waals surface area contributed by atoms with Crippen LogP contribution < -0.4 is 5.32 Å². The summed E-state index contributed by atoms with van der Waals surface area (Å²) in [7, 11) is 1.93. The van der Waals surface area contributed by atoms with Crippen LogP contribution in [0.4, 0.5) is 0 Å².